The molecule has 4 rings (SSSR count). The molecule has 0 bridgehead atoms. The van der Waals surface area contributed by atoms with Crippen molar-refractivity contribution in [3.8, 4) is 5.75 Å². The predicted octanol–water partition coefficient (Wildman–Crippen LogP) is 4.37. The summed E-state index contributed by atoms with van der Waals surface area (Å²) < 4.78 is 5.92. The van der Waals surface area contributed by atoms with Crippen LogP contribution in [0.2, 0.25) is 0 Å². The third kappa shape index (κ3) is 3.88. The third-order valence-corrected chi connectivity index (χ3v) is 5.26. The molecule has 3 heteroatoms. The van der Waals surface area contributed by atoms with Crippen LogP contribution < -0.4 is 4.74 Å². The number of allylic oxidation sites excluding steroid dienone is 1. The lowest BCUT2D eigenvalue weighted by molar-refractivity contribution is 0.104. The molecule has 1 aliphatic carbocycles. The second-order valence-corrected chi connectivity index (χ2v) is 7.16. The zero-order valence-electron chi connectivity index (χ0n) is 15.1. The number of piperidine rings is 1. The number of nitrogens with zero attached hydrogens (tertiary/aromatic N) is 1. The number of Topliss-reactive ketones (excluding diaryl/α,β-unsaturated/α-hetero) is 1. The standard InChI is InChI=1S/C23H25NO2/c25-23-20(15-18-7-3-1-4-8-18)16-19-9-10-21(17-22(19)23)26-14-13-24-11-5-2-6-12-24/h1,3-4,7-10,15,17H,2,5-6,11-14,16H2/b20-15+. The number of likely N-dealkylation sites (tertiary alicyclic amines) is 1. The maximum atomic E-state index is 12.7. The number of rotatable bonds is 5. The second-order valence-electron chi connectivity index (χ2n) is 7.16. The Bertz CT molecular complexity index is 804. The second kappa shape index (κ2) is 7.88. The molecule has 0 spiro atoms. The molecule has 0 aromatic heterocycles. The highest BCUT2D eigenvalue weighted by Crippen LogP contribution is 2.30. The summed E-state index contributed by atoms with van der Waals surface area (Å²) in [7, 11) is 0. The molecule has 26 heavy (non-hydrogen) atoms. The van der Waals surface area contributed by atoms with Crippen LogP contribution in [-0.4, -0.2) is 36.9 Å². The van der Waals surface area contributed by atoms with Crippen molar-refractivity contribution in [3.63, 3.8) is 0 Å². The molecule has 1 fully saturated rings. The fraction of sp³-hybridized carbons (Fsp3) is 0.348. The summed E-state index contributed by atoms with van der Waals surface area (Å²) in [6.45, 7) is 4.00. The van der Waals surface area contributed by atoms with Crippen molar-refractivity contribution < 1.29 is 9.53 Å². The van der Waals surface area contributed by atoms with Crippen molar-refractivity contribution in [2.24, 2.45) is 0 Å². The largest absolute Gasteiger partial charge is 0.492 e. The number of hydrogen-bond donors (Lipinski definition) is 0. The van der Waals surface area contributed by atoms with Crippen molar-refractivity contribution in [2.75, 3.05) is 26.2 Å². The highest BCUT2D eigenvalue weighted by atomic mass is 16.5. The summed E-state index contributed by atoms with van der Waals surface area (Å²) in [4.78, 5) is 15.2. The fourth-order valence-electron chi connectivity index (χ4n) is 3.81. The summed E-state index contributed by atoms with van der Waals surface area (Å²) in [5, 5.41) is 0. The van der Waals surface area contributed by atoms with Gasteiger partial charge in [0.25, 0.3) is 0 Å². The van der Waals surface area contributed by atoms with Crippen molar-refractivity contribution in [1.29, 1.82) is 0 Å². The molecular weight excluding hydrogens is 322 g/mol. The topological polar surface area (TPSA) is 29.5 Å². The zero-order valence-corrected chi connectivity index (χ0v) is 15.1. The molecule has 0 unspecified atom stereocenters. The smallest absolute Gasteiger partial charge is 0.189 e. The summed E-state index contributed by atoms with van der Waals surface area (Å²) in [6.07, 6.45) is 6.65. The van der Waals surface area contributed by atoms with Gasteiger partial charge in [-0.3, -0.25) is 9.69 Å². The van der Waals surface area contributed by atoms with Crippen molar-refractivity contribution in [1.82, 2.24) is 4.90 Å². The summed E-state index contributed by atoms with van der Waals surface area (Å²) in [5.41, 5.74) is 3.82. The van der Waals surface area contributed by atoms with Gasteiger partial charge >= 0.3 is 0 Å². The van der Waals surface area contributed by atoms with E-state index < -0.39 is 0 Å². The first-order valence-electron chi connectivity index (χ1n) is 9.58. The number of benzene rings is 2. The normalized spacial score (nSPS) is 18.9. The Labute approximate surface area is 155 Å². The quantitative estimate of drug-likeness (QED) is 0.752. The first kappa shape index (κ1) is 17.0. The van der Waals surface area contributed by atoms with Crippen molar-refractivity contribution in [2.45, 2.75) is 25.7 Å². The number of carbonyl (C=O) groups is 1. The van der Waals surface area contributed by atoms with Gasteiger partial charge in [0.15, 0.2) is 5.78 Å². The van der Waals surface area contributed by atoms with E-state index >= 15 is 0 Å². The molecule has 1 saturated heterocycles. The number of carbonyl (C=O) groups excluding carboxylic acids is 1. The van der Waals surface area contributed by atoms with Crippen LogP contribution in [-0.2, 0) is 6.42 Å². The minimum Gasteiger partial charge on any atom is -0.492 e. The molecule has 1 heterocycles. The highest BCUT2D eigenvalue weighted by molar-refractivity contribution is 6.15. The van der Waals surface area contributed by atoms with Crippen LogP contribution in [0.15, 0.2) is 54.1 Å². The van der Waals surface area contributed by atoms with Crippen LogP contribution in [0.25, 0.3) is 6.08 Å². The summed E-state index contributed by atoms with van der Waals surface area (Å²) >= 11 is 0. The van der Waals surface area contributed by atoms with Crippen LogP contribution >= 0.6 is 0 Å². The molecule has 3 nitrogen and oxygen atoms in total. The molecule has 2 aliphatic rings. The van der Waals surface area contributed by atoms with E-state index in [1.165, 1.54) is 32.4 Å². The lowest BCUT2D eigenvalue weighted by Gasteiger charge is -2.26. The first-order chi connectivity index (χ1) is 12.8. The van der Waals surface area contributed by atoms with E-state index in [2.05, 4.69) is 4.90 Å². The highest BCUT2D eigenvalue weighted by Gasteiger charge is 2.25. The van der Waals surface area contributed by atoms with Crippen LogP contribution in [0.3, 0.4) is 0 Å². The first-order valence-corrected chi connectivity index (χ1v) is 9.58. The molecule has 134 valence electrons. The van der Waals surface area contributed by atoms with Crippen LogP contribution in [0.4, 0.5) is 0 Å². The van der Waals surface area contributed by atoms with Crippen LogP contribution in [0, 0.1) is 0 Å². The third-order valence-electron chi connectivity index (χ3n) is 5.26. The van der Waals surface area contributed by atoms with Gasteiger partial charge in [-0.2, -0.15) is 0 Å². The Kier molecular flexibility index (Phi) is 5.16. The number of hydrogen-bond acceptors (Lipinski definition) is 3. The summed E-state index contributed by atoms with van der Waals surface area (Å²) in [6, 6.07) is 16.0. The summed E-state index contributed by atoms with van der Waals surface area (Å²) in [5.74, 6) is 0.931. The van der Waals surface area contributed by atoms with Gasteiger partial charge in [-0.05, 0) is 55.3 Å². The van der Waals surface area contributed by atoms with Gasteiger partial charge in [0, 0.05) is 24.1 Å². The lowest BCUT2D eigenvalue weighted by atomic mass is 10.1. The molecule has 2 aromatic carbocycles. The Morgan fingerprint density at radius 1 is 1.00 bits per heavy atom. The minimum absolute atomic E-state index is 0.130. The molecular formula is C23H25NO2. The molecule has 1 aliphatic heterocycles. The SMILES string of the molecule is O=C1/C(=C/c2ccccc2)Cc2ccc(OCCN3CCCCC3)cc21. The lowest BCUT2D eigenvalue weighted by Crippen LogP contribution is -2.33. The number of ether oxygens (including phenoxy) is 1. The molecule has 0 radical (unpaired) electrons. The van der Waals surface area contributed by atoms with Crippen molar-refractivity contribution in [3.05, 3.63) is 70.8 Å². The van der Waals surface area contributed by atoms with Gasteiger partial charge in [0.2, 0.25) is 0 Å². The van der Waals surface area contributed by atoms with Crippen LogP contribution in [0.1, 0.15) is 40.7 Å². The Morgan fingerprint density at radius 2 is 1.81 bits per heavy atom. The van der Waals surface area contributed by atoms with Gasteiger partial charge < -0.3 is 4.74 Å². The average Bonchev–Trinajstić information content (AvgIpc) is 2.99. The van der Waals surface area contributed by atoms with Crippen molar-refractivity contribution >= 4 is 11.9 Å². The van der Waals surface area contributed by atoms with E-state index in [1.807, 2.05) is 54.6 Å². The van der Waals surface area contributed by atoms with E-state index in [0.29, 0.717) is 13.0 Å². The van der Waals surface area contributed by atoms with Gasteiger partial charge in [0.1, 0.15) is 12.4 Å². The zero-order chi connectivity index (χ0) is 17.8. The van der Waals surface area contributed by atoms with E-state index in [1.54, 1.807) is 0 Å². The Hall–Kier alpha value is -2.39. The average molecular weight is 347 g/mol. The maximum Gasteiger partial charge on any atom is 0.189 e. The van der Waals surface area contributed by atoms with Gasteiger partial charge in [-0.25, -0.2) is 0 Å². The molecule has 0 amide bonds. The Balaban J connectivity index is 1.40. The van der Waals surface area contributed by atoms with E-state index in [-0.39, 0.29) is 5.78 Å². The molecule has 2 aromatic rings. The van der Waals surface area contributed by atoms with Gasteiger partial charge in [0.05, 0.1) is 0 Å². The monoisotopic (exact) mass is 347 g/mol. The molecule has 0 atom stereocenters. The fourth-order valence-corrected chi connectivity index (χ4v) is 3.81. The maximum absolute atomic E-state index is 12.7. The van der Waals surface area contributed by atoms with E-state index in [9.17, 15) is 4.79 Å². The van der Waals surface area contributed by atoms with E-state index in [0.717, 1.165) is 34.6 Å². The minimum atomic E-state index is 0.130. The number of ketones is 1. The molecule has 0 N–H and O–H groups in total. The predicted molar refractivity (Wildman–Crippen MR) is 105 cm³/mol. The molecule has 0 saturated carbocycles. The van der Waals surface area contributed by atoms with E-state index in [4.69, 9.17) is 4.74 Å². The van der Waals surface area contributed by atoms with Gasteiger partial charge in [-0.15, -0.1) is 0 Å². The van der Waals surface area contributed by atoms with Gasteiger partial charge in [-0.1, -0.05) is 42.8 Å². The van der Waals surface area contributed by atoms with Crippen LogP contribution in [0.5, 0.6) is 5.75 Å². The number of fused-ring (bicyclic) bond motifs is 1. The Morgan fingerprint density at radius 3 is 2.62 bits per heavy atom.